The second kappa shape index (κ2) is 11.9. The first kappa shape index (κ1) is 26.2. The summed E-state index contributed by atoms with van der Waals surface area (Å²) in [6, 6.07) is 24.5. The molecule has 0 amide bonds. The van der Waals surface area contributed by atoms with E-state index in [-0.39, 0.29) is 18.2 Å². The van der Waals surface area contributed by atoms with E-state index >= 15 is 8.78 Å². The summed E-state index contributed by atoms with van der Waals surface area (Å²) >= 11 is 0. The fourth-order valence-corrected chi connectivity index (χ4v) is 4.04. The Morgan fingerprint density at radius 3 is 2.32 bits per heavy atom. The van der Waals surface area contributed by atoms with Crippen molar-refractivity contribution < 1.29 is 32.9 Å². The van der Waals surface area contributed by atoms with Crippen molar-refractivity contribution in [1.82, 2.24) is 4.90 Å². The minimum absolute atomic E-state index is 0.0842. The van der Waals surface area contributed by atoms with Crippen molar-refractivity contribution in [2.75, 3.05) is 20.1 Å². The predicted molar refractivity (Wildman–Crippen MR) is 134 cm³/mol. The number of carboxylic acid groups (broad SMARTS) is 1. The van der Waals surface area contributed by atoms with E-state index in [1.54, 1.807) is 11.9 Å². The zero-order valence-electron chi connectivity index (χ0n) is 20.4. The number of hydrogen-bond acceptors (Lipinski definition) is 5. The molecule has 4 rings (SSSR count). The van der Waals surface area contributed by atoms with Crippen molar-refractivity contribution in [3.8, 4) is 5.75 Å². The molecule has 194 valence electrons. The van der Waals surface area contributed by atoms with Crippen LogP contribution < -0.4 is 4.74 Å². The molecule has 2 unspecified atom stereocenters. The van der Waals surface area contributed by atoms with Gasteiger partial charge in [0, 0.05) is 24.9 Å². The normalized spacial score (nSPS) is 16.0. The van der Waals surface area contributed by atoms with Crippen LogP contribution in [0.15, 0.2) is 97.0 Å². The van der Waals surface area contributed by atoms with Crippen LogP contribution in [0.25, 0.3) is 0 Å². The summed E-state index contributed by atoms with van der Waals surface area (Å²) < 4.78 is 47.3. The topological polar surface area (TPSA) is 68.2 Å². The molecule has 3 aromatic rings. The molecule has 0 saturated carbocycles. The predicted octanol–water partition coefficient (Wildman–Crippen LogP) is 5.76. The summed E-state index contributed by atoms with van der Waals surface area (Å²) in [5, 5.41) is 9.00. The Kier molecular flexibility index (Phi) is 8.40. The highest BCUT2D eigenvalue weighted by Crippen LogP contribution is 2.40. The van der Waals surface area contributed by atoms with Gasteiger partial charge in [-0.3, -0.25) is 9.69 Å². The minimum Gasteiger partial charge on any atom is -0.486 e. The van der Waals surface area contributed by atoms with Crippen molar-refractivity contribution in [2.45, 2.75) is 31.2 Å². The molecule has 0 saturated heterocycles. The molecule has 1 N–H and O–H groups in total. The molecule has 0 radical (unpaired) electrons. The summed E-state index contributed by atoms with van der Waals surface area (Å²) in [4.78, 5) is 12.7. The van der Waals surface area contributed by atoms with E-state index in [9.17, 15) is 4.79 Å². The van der Waals surface area contributed by atoms with Gasteiger partial charge in [0.05, 0.1) is 6.54 Å². The fourth-order valence-electron chi connectivity index (χ4n) is 4.04. The van der Waals surface area contributed by atoms with Crippen LogP contribution in [0.1, 0.15) is 29.2 Å². The Labute approximate surface area is 214 Å². The monoisotopic (exact) mass is 509 g/mol. The van der Waals surface area contributed by atoms with E-state index in [1.165, 1.54) is 24.3 Å². The molecule has 8 heteroatoms. The van der Waals surface area contributed by atoms with E-state index in [2.05, 4.69) is 0 Å². The highest BCUT2D eigenvalue weighted by atomic mass is 19.3. The Bertz CT molecular complexity index is 1190. The molecule has 0 aliphatic carbocycles. The molecule has 1 aliphatic rings. The fraction of sp³-hybridized carbons (Fsp3) is 0.276. The summed E-state index contributed by atoms with van der Waals surface area (Å²) in [7, 11) is 1.72. The van der Waals surface area contributed by atoms with Crippen LogP contribution in [0.4, 0.5) is 8.78 Å². The Morgan fingerprint density at radius 2 is 1.68 bits per heavy atom. The maximum absolute atomic E-state index is 15.2. The molecule has 0 fully saturated rings. The second-order valence-corrected chi connectivity index (χ2v) is 8.89. The summed E-state index contributed by atoms with van der Waals surface area (Å²) in [6.45, 7) is 0.400. The standard InChI is InChI=1S/C29H29F2NO5/c1-32(19-27(33)34)17-16-25(22-10-6-3-7-11-22)36-24-14-12-23(13-15-24)29(30,31)26-20-35-28(37-26)18-21-8-4-2-5-9-21/h2-15,20,25,28H,16-19H2,1H3,(H,33,34). The lowest BCUT2D eigenvalue weighted by Gasteiger charge is -2.23. The third-order valence-electron chi connectivity index (χ3n) is 5.98. The first-order chi connectivity index (χ1) is 17.8. The van der Waals surface area contributed by atoms with Gasteiger partial charge in [-0.25, -0.2) is 0 Å². The molecular weight excluding hydrogens is 480 g/mol. The SMILES string of the molecule is CN(CCC(Oc1ccc(C(F)(F)C2=COC(Cc3ccccc3)O2)cc1)c1ccccc1)CC(=O)O. The summed E-state index contributed by atoms with van der Waals surface area (Å²) in [6.07, 6.45) is 0.671. The number of aliphatic carboxylic acids is 1. The van der Waals surface area contributed by atoms with Crippen LogP contribution in [0.2, 0.25) is 0 Å². The van der Waals surface area contributed by atoms with E-state index < -0.39 is 23.9 Å². The quantitative estimate of drug-likeness (QED) is 0.335. The maximum Gasteiger partial charge on any atom is 0.332 e. The van der Waals surface area contributed by atoms with Gasteiger partial charge in [0.1, 0.15) is 18.1 Å². The number of alkyl halides is 2. The number of nitrogens with zero attached hydrogens (tertiary/aromatic N) is 1. The number of rotatable bonds is 12. The second-order valence-electron chi connectivity index (χ2n) is 8.89. The lowest BCUT2D eigenvalue weighted by atomic mass is 10.1. The molecule has 0 spiro atoms. The van der Waals surface area contributed by atoms with Crippen molar-refractivity contribution in [3.05, 3.63) is 114 Å². The van der Waals surface area contributed by atoms with Crippen LogP contribution in [0.3, 0.4) is 0 Å². The number of hydrogen-bond donors (Lipinski definition) is 1. The van der Waals surface area contributed by atoms with Crippen LogP contribution in [0.5, 0.6) is 5.75 Å². The highest BCUT2D eigenvalue weighted by Gasteiger charge is 2.43. The van der Waals surface area contributed by atoms with Gasteiger partial charge in [0.2, 0.25) is 12.0 Å². The third-order valence-corrected chi connectivity index (χ3v) is 5.98. The minimum atomic E-state index is -3.37. The Balaban J connectivity index is 1.40. The lowest BCUT2D eigenvalue weighted by molar-refractivity contribution is -0.138. The zero-order valence-corrected chi connectivity index (χ0v) is 20.4. The summed E-state index contributed by atoms with van der Waals surface area (Å²) in [5.74, 6) is -4.39. The van der Waals surface area contributed by atoms with Gasteiger partial charge in [0.15, 0.2) is 0 Å². The maximum atomic E-state index is 15.2. The van der Waals surface area contributed by atoms with Crippen LogP contribution >= 0.6 is 0 Å². The molecule has 37 heavy (non-hydrogen) atoms. The molecule has 2 atom stereocenters. The van der Waals surface area contributed by atoms with Gasteiger partial charge in [0.25, 0.3) is 0 Å². The molecule has 0 aromatic heterocycles. The van der Waals surface area contributed by atoms with Gasteiger partial charge >= 0.3 is 11.9 Å². The molecule has 1 heterocycles. The van der Waals surface area contributed by atoms with Gasteiger partial charge in [-0.1, -0.05) is 60.7 Å². The Morgan fingerprint density at radius 1 is 1.03 bits per heavy atom. The average Bonchev–Trinajstić information content (AvgIpc) is 3.37. The molecule has 3 aromatic carbocycles. The average molecular weight is 510 g/mol. The van der Waals surface area contributed by atoms with Crippen LogP contribution in [-0.2, 0) is 26.6 Å². The van der Waals surface area contributed by atoms with Crippen molar-refractivity contribution in [2.24, 2.45) is 0 Å². The number of carbonyl (C=O) groups is 1. The van der Waals surface area contributed by atoms with Crippen LogP contribution in [0, 0.1) is 0 Å². The number of allylic oxidation sites excluding steroid dienone is 1. The van der Waals surface area contributed by atoms with E-state index in [0.717, 1.165) is 17.4 Å². The number of halogens is 2. The molecule has 6 nitrogen and oxygen atoms in total. The van der Waals surface area contributed by atoms with Crippen molar-refractivity contribution >= 4 is 5.97 Å². The first-order valence-electron chi connectivity index (χ1n) is 12.0. The van der Waals surface area contributed by atoms with Crippen molar-refractivity contribution in [1.29, 1.82) is 0 Å². The Hall–Kier alpha value is -3.91. The van der Waals surface area contributed by atoms with E-state index in [0.29, 0.717) is 25.1 Å². The summed E-state index contributed by atoms with van der Waals surface area (Å²) in [5.41, 5.74) is 1.59. The largest absolute Gasteiger partial charge is 0.486 e. The lowest BCUT2D eigenvalue weighted by Crippen LogP contribution is -2.28. The third kappa shape index (κ3) is 7.07. The zero-order chi connectivity index (χ0) is 26.3. The van der Waals surface area contributed by atoms with Gasteiger partial charge in [-0.2, -0.15) is 8.78 Å². The van der Waals surface area contributed by atoms with E-state index in [1.807, 2.05) is 60.7 Å². The molecule has 0 bridgehead atoms. The van der Waals surface area contributed by atoms with Gasteiger partial charge in [-0.05, 0) is 42.4 Å². The smallest absolute Gasteiger partial charge is 0.332 e. The van der Waals surface area contributed by atoms with Crippen molar-refractivity contribution in [3.63, 3.8) is 0 Å². The molecule has 1 aliphatic heterocycles. The number of benzene rings is 3. The first-order valence-corrected chi connectivity index (χ1v) is 12.0. The highest BCUT2D eigenvalue weighted by molar-refractivity contribution is 5.69. The van der Waals surface area contributed by atoms with Crippen LogP contribution in [-0.4, -0.2) is 42.4 Å². The van der Waals surface area contributed by atoms with E-state index in [4.69, 9.17) is 19.3 Å². The number of likely N-dealkylation sites (N-methyl/N-ethyl adjacent to an activating group) is 1. The molecular formula is C29H29F2NO5. The van der Waals surface area contributed by atoms with Gasteiger partial charge in [-0.15, -0.1) is 0 Å². The van der Waals surface area contributed by atoms with Gasteiger partial charge < -0.3 is 19.3 Å². The number of carboxylic acids is 1. The number of ether oxygens (including phenoxy) is 3.